The number of imide groups is 1. The number of ether oxygens (including phenoxy) is 1. The fourth-order valence-corrected chi connectivity index (χ4v) is 4.42. The molecular weight excluding hydrogens is 414 g/mol. The van der Waals surface area contributed by atoms with Crippen LogP contribution < -0.4 is 10.6 Å². The maximum Gasteiger partial charge on any atom is 0.408 e. The monoisotopic (exact) mass is 453 g/mol. The van der Waals surface area contributed by atoms with E-state index in [1.54, 1.807) is 20.8 Å². The van der Waals surface area contributed by atoms with Gasteiger partial charge in [-0.1, -0.05) is 38.5 Å². The Morgan fingerprint density at radius 3 is 2.06 bits per heavy atom. The Bertz CT molecular complexity index is 663. The molecule has 4 amide bonds. The maximum atomic E-state index is 13.5. The van der Waals surface area contributed by atoms with Crippen molar-refractivity contribution in [2.24, 2.45) is 0 Å². The highest BCUT2D eigenvalue weighted by Gasteiger charge is 2.37. The van der Waals surface area contributed by atoms with E-state index in [-0.39, 0.29) is 24.9 Å². The molecule has 0 bridgehead atoms. The van der Waals surface area contributed by atoms with Crippen molar-refractivity contribution in [1.82, 2.24) is 15.5 Å². The zero-order chi connectivity index (χ0) is 23.7. The van der Waals surface area contributed by atoms with Crippen LogP contribution in [0.5, 0.6) is 0 Å². The Balaban J connectivity index is 2.20. The molecule has 0 radical (unpaired) electrons. The van der Waals surface area contributed by atoms with E-state index >= 15 is 0 Å². The molecule has 2 aliphatic rings. The molecule has 182 valence electrons. The second-order valence-electron chi connectivity index (χ2n) is 9.92. The number of hydrogen-bond donors (Lipinski definition) is 3. The van der Waals surface area contributed by atoms with Crippen LogP contribution in [-0.4, -0.2) is 57.7 Å². The number of carboxylic acids is 1. The lowest BCUT2D eigenvalue weighted by Gasteiger charge is -2.36. The molecule has 0 aromatic rings. The number of alkyl carbamates (subject to hydrolysis) is 1. The summed E-state index contributed by atoms with van der Waals surface area (Å²) in [6, 6.07) is -1.82. The maximum absolute atomic E-state index is 13.5. The largest absolute Gasteiger partial charge is 0.481 e. The first-order valence-electron chi connectivity index (χ1n) is 11.9. The normalized spacial score (nSPS) is 19.0. The molecule has 0 saturated heterocycles. The van der Waals surface area contributed by atoms with Gasteiger partial charge in [-0.3, -0.25) is 14.5 Å². The average molecular weight is 454 g/mol. The van der Waals surface area contributed by atoms with Crippen LogP contribution in [-0.2, 0) is 14.3 Å². The van der Waals surface area contributed by atoms with E-state index in [9.17, 15) is 19.2 Å². The third-order valence-electron chi connectivity index (χ3n) is 5.96. The lowest BCUT2D eigenvalue weighted by molar-refractivity contribution is -0.138. The molecule has 0 unspecified atom stereocenters. The van der Waals surface area contributed by atoms with Crippen LogP contribution in [0.1, 0.15) is 97.8 Å². The van der Waals surface area contributed by atoms with E-state index in [1.165, 1.54) is 4.90 Å². The van der Waals surface area contributed by atoms with Gasteiger partial charge in [0.1, 0.15) is 11.6 Å². The Labute approximate surface area is 190 Å². The third kappa shape index (κ3) is 8.67. The quantitative estimate of drug-likeness (QED) is 0.536. The summed E-state index contributed by atoms with van der Waals surface area (Å²) in [5, 5.41) is 14.7. The molecule has 2 fully saturated rings. The number of nitrogens with zero attached hydrogens (tertiary/aromatic N) is 1. The van der Waals surface area contributed by atoms with E-state index in [0.717, 1.165) is 51.4 Å². The van der Waals surface area contributed by atoms with Crippen LogP contribution in [0.2, 0.25) is 0 Å². The van der Waals surface area contributed by atoms with Crippen LogP contribution in [0.3, 0.4) is 0 Å². The number of rotatable bonds is 7. The van der Waals surface area contributed by atoms with Crippen LogP contribution in [0.4, 0.5) is 9.59 Å². The third-order valence-corrected chi connectivity index (χ3v) is 5.96. The minimum atomic E-state index is -1.15. The molecule has 2 rings (SSSR count). The minimum Gasteiger partial charge on any atom is -0.481 e. The molecule has 0 aromatic carbocycles. The molecule has 2 aliphatic carbocycles. The molecule has 0 aromatic heterocycles. The molecule has 9 nitrogen and oxygen atoms in total. The van der Waals surface area contributed by atoms with Crippen LogP contribution >= 0.6 is 0 Å². The summed E-state index contributed by atoms with van der Waals surface area (Å²) in [5.74, 6) is -1.65. The Morgan fingerprint density at radius 1 is 0.969 bits per heavy atom. The van der Waals surface area contributed by atoms with Crippen molar-refractivity contribution in [1.29, 1.82) is 0 Å². The predicted molar refractivity (Wildman–Crippen MR) is 119 cm³/mol. The molecule has 0 spiro atoms. The van der Waals surface area contributed by atoms with Gasteiger partial charge in [-0.2, -0.15) is 0 Å². The standard InChI is InChI=1S/C23H39N3O6/c1-23(2,3)32-22(31)25-18(14-15-19(27)28)20(29)26(17-12-8-5-9-13-17)21(30)24-16-10-6-4-7-11-16/h16-18H,4-15H2,1-3H3,(H,24,30)(H,25,31)(H,27,28)/t18-/m1/s1. The van der Waals surface area contributed by atoms with Gasteiger partial charge in [0.15, 0.2) is 0 Å². The first kappa shape index (κ1) is 25.9. The number of carbonyl (C=O) groups excluding carboxylic acids is 3. The highest BCUT2D eigenvalue weighted by molar-refractivity contribution is 5.99. The van der Waals surface area contributed by atoms with E-state index in [4.69, 9.17) is 9.84 Å². The van der Waals surface area contributed by atoms with Gasteiger partial charge in [0.25, 0.3) is 5.91 Å². The van der Waals surface area contributed by atoms with Gasteiger partial charge in [0, 0.05) is 18.5 Å². The van der Waals surface area contributed by atoms with E-state index in [1.807, 2.05) is 0 Å². The molecule has 1 atom stereocenters. The summed E-state index contributed by atoms with van der Waals surface area (Å²) in [4.78, 5) is 51.5. The molecule has 32 heavy (non-hydrogen) atoms. The van der Waals surface area contributed by atoms with Crippen LogP contribution in [0.15, 0.2) is 0 Å². The summed E-state index contributed by atoms with van der Waals surface area (Å²) in [7, 11) is 0. The number of carbonyl (C=O) groups is 4. The predicted octanol–water partition coefficient (Wildman–Crippen LogP) is 3.95. The topological polar surface area (TPSA) is 125 Å². The highest BCUT2D eigenvalue weighted by atomic mass is 16.6. The zero-order valence-corrected chi connectivity index (χ0v) is 19.7. The number of urea groups is 1. The van der Waals surface area contributed by atoms with Gasteiger partial charge in [0.05, 0.1) is 0 Å². The van der Waals surface area contributed by atoms with E-state index in [2.05, 4.69) is 10.6 Å². The number of nitrogens with one attached hydrogen (secondary N) is 2. The molecule has 2 saturated carbocycles. The molecule has 0 heterocycles. The minimum absolute atomic E-state index is 0.0337. The number of aliphatic carboxylic acids is 1. The van der Waals surface area contributed by atoms with Crippen LogP contribution in [0.25, 0.3) is 0 Å². The van der Waals surface area contributed by atoms with Gasteiger partial charge in [0.2, 0.25) is 0 Å². The van der Waals surface area contributed by atoms with Gasteiger partial charge < -0.3 is 20.5 Å². The number of carboxylic acid groups (broad SMARTS) is 1. The number of hydrogen-bond acceptors (Lipinski definition) is 5. The zero-order valence-electron chi connectivity index (χ0n) is 19.7. The Hall–Kier alpha value is -2.32. The van der Waals surface area contributed by atoms with Crippen molar-refractivity contribution in [2.45, 2.75) is 122 Å². The summed E-state index contributed by atoms with van der Waals surface area (Å²) >= 11 is 0. The Morgan fingerprint density at radius 2 is 1.53 bits per heavy atom. The smallest absolute Gasteiger partial charge is 0.408 e. The van der Waals surface area contributed by atoms with E-state index < -0.39 is 35.6 Å². The van der Waals surface area contributed by atoms with Gasteiger partial charge in [-0.05, 0) is 52.9 Å². The van der Waals surface area contributed by atoms with Gasteiger partial charge in [-0.15, -0.1) is 0 Å². The van der Waals surface area contributed by atoms with Crippen LogP contribution in [0, 0.1) is 0 Å². The summed E-state index contributed by atoms with van der Waals surface area (Å²) < 4.78 is 5.26. The lowest BCUT2D eigenvalue weighted by Crippen LogP contribution is -2.58. The second kappa shape index (κ2) is 12.1. The lowest BCUT2D eigenvalue weighted by atomic mass is 9.93. The first-order chi connectivity index (χ1) is 15.1. The molecule has 3 N–H and O–H groups in total. The van der Waals surface area contributed by atoms with Crippen molar-refractivity contribution >= 4 is 24.0 Å². The highest BCUT2D eigenvalue weighted by Crippen LogP contribution is 2.25. The summed E-state index contributed by atoms with van der Waals surface area (Å²) in [5.41, 5.74) is -0.772. The van der Waals surface area contributed by atoms with Gasteiger partial charge in [-0.25, -0.2) is 9.59 Å². The number of amides is 4. The fourth-order valence-electron chi connectivity index (χ4n) is 4.42. The van der Waals surface area contributed by atoms with Crippen molar-refractivity contribution in [3.63, 3.8) is 0 Å². The molecular formula is C23H39N3O6. The molecule has 0 aliphatic heterocycles. The van der Waals surface area contributed by atoms with Crippen molar-refractivity contribution in [3.05, 3.63) is 0 Å². The SMILES string of the molecule is CC(C)(C)OC(=O)N[C@H](CCC(=O)O)C(=O)N(C(=O)NC1CCCCC1)C1CCCCC1. The average Bonchev–Trinajstić information content (AvgIpc) is 2.71. The summed E-state index contributed by atoms with van der Waals surface area (Å²) in [6.07, 6.45) is 8.09. The fraction of sp³-hybridized carbons (Fsp3) is 0.826. The summed E-state index contributed by atoms with van der Waals surface area (Å²) in [6.45, 7) is 5.10. The van der Waals surface area contributed by atoms with Crippen molar-refractivity contribution in [2.75, 3.05) is 0 Å². The Kier molecular flexibility index (Phi) is 9.78. The first-order valence-corrected chi connectivity index (χ1v) is 11.9. The van der Waals surface area contributed by atoms with Crippen molar-refractivity contribution < 1.29 is 29.0 Å². The molecule has 9 heteroatoms. The second-order valence-corrected chi connectivity index (χ2v) is 9.92. The van der Waals surface area contributed by atoms with Gasteiger partial charge >= 0.3 is 18.1 Å². The van der Waals surface area contributed by atoms with Crippen molar-refractivity contribution in [3.8, 4) is 0 Å². The van der Waals surface area contributed by atoms with E-state index in [0.29, 0.717) is 12.8 Å².